The molecule has 0 unspecified atom stereocenters. The molecule has 0 aliphatic carbocycles. The zero-order chi connectivity index (χ0) is 33.1. The minimum absolute atomic E-state index is 0.0995. The van der Waals surface area contributed by atoms with Crippen molar-refractivity contribution in [3.05, 3.63) is 132 Å². The summed E-state index contributed by atoms with van der Waals surface area (Å²) in [7, 11) is -0.239. The maximum absolute atomic E-state index is 11.0. The smallest absolute Gasteiger partial charge is 0.258 e. The molecule has 0 saturated carbocycles. The zero-order valence-electron chi connectivity index (χ0n) is 25.5. The summed E-state index contributed by atoms with van der Waals surface area (Å²) >= 11 is 3.88. The van der Waals surface area contributed by atoms with Crippen molar-refractivity contribution < 1.29 is 19.2 Å². The summed E-state index contributed by atoms with van der Waals surface area (Å²) in [6.07, 6.45) is 0. The van der Waals surface area contributed by atoms with Gasteiger partial charge in [0.15, 0.2) is 0 Å². The van der Waals surface area contributed by atoms with Gasteiger partial charge in [-0.15, -0.1) is 0 Å². The van der Waals surface area contributed by atoms with E-state index in [-0.39, 0.29) is 34.6 Å². The van der Waals surface area contributed by atoms with Crippen LogP contribution < -0.4 is 5.46 Å². The molecule has 46 heavy (non-hydrogen) atoms. The Kier molecular flexibility index (Phi) is 10.5. The van der Waals surface area contributed by atoms with E-state index in [2.05, 4.69) is 89.9 Å². The number of hydrogen-bond donors (Lipinski definition) is 0. The maximum Gasteiger partial charge on any atom is 0.283 e. The van der Waals surface area contributed by atoms with Crippen LogP contribution in [0.5, 0.6) is 0 Å². The number of para-hydroxylation sites is 2. The molecule has 1 aliphatic heterocycles. The second-order valence-electron chi connectivity index (χ2n) is 11.5. The van der Waals surface area contributed by atoms with Gasteiger partial charge in [-0.05, 0) is 22.0 Å². The largest absolute Gasteiger partial charge is 0.283 e. The number of fused-ring (bicyclic) bond motifs is 2. The van der Waals surface area contributed by atoms with Crippen LogP contribution in [0.4, 0.5) is 11.4 Å². The average molecular weight is 811 g/mol. The number of halogens is 1. The number of nitro benzene ring substituents is 2. The molecule has 4 aromatic carbocycles. The molecule has 7 rings (SSSR count). The second-order valence-corrected chi connectivity index (χ2v) is 16.3. The molecule has 1 fully saturated rings. The van der Waals surface area contributed by atoms with Gasteiger partial charge in [0.05, 0.1) is 9.40 Å². The molecule has 234 valence electrons. The minimum atomic E-state index is -0.427. The molecular weight excluding hydrogens is 781 g/mol. The maximum atomic E-state index is 11.0. The van der Waals surface area contributed by atoms with Gasteiger partial charge in [-0.3, -0.25) is 10.1 Å². The summed E-state index contributed by atoms with van der Waals surface area (Å²) in [5.74, 6) is 0. The molecule has 3 heterocycles. The Morgan fingerprint density at radius 3 is 1.76 bits per heavy atom. The average Bonchev–Trinajstić information content (AvgIpc) is 3.74. The van der Waals surface area contributed by atoms with Crippen LogP contribution in [0, 0.1) is 20.2 Å². The summed E-state index contributed by atoms with van der Waals surface area (Å²) in [4.78, 5) is 24.9. The quantitative estimate of drug-likeness (QED) is 0.102. The molecule has 0 N–H and O–H groups in total. The van der Waals surface area contributed by atoms with Crippen molar-refractivity contribution in [2.24, 2.45) is 0 Å². The number of hydrogen-bond acceptors (Lipinski definition) is 6. The third-order valence-corrected chi connectivity index (χ3v) is 12.3. The van der Waals surface area contributed by atoms with Crippen molar-refractivity contribution in [2.45, 2.75) is 38.9 Å². The van der Waals surface area contributed by atoms with Crippen molar-refractivity contribution in [2.75, 3.05) is 0 Å². The van der Waals surface area contributed by atoms with Crippen molar-refractivity contribution in [3.63, 3.8) is 0 Å². The van der Waals surface area contributed by atoms with E-state index >= 15 is 0 Å². The van der Waals surface area contributed by atoms with Gasteiger partial charge in [-0.1, -0.05) is 12.1 Å². The molecule has 6 aromatic rings. The summed E-state index contributed by atoms with van der Waals surface area (Å²) in [6, 6.07) is 30.2. The second kappa shape index (κ2) is 14.2. The molecule has 12 heteroatoms. The van der Waals surface area contributed by atoms with Gasteiger partial charge in [0.1, 0.15) is 0 Å². The fourth-order valence-corrected chi connectivity index (χ4v) is 8.62. The normalized spacial score (nSPS) is 14.7. The predicted octanol–water partition coefficient (Wildman–Crippen LogP) is 8.03. The van der Waals surface area contributed by atoms with E-state index in [1.54, 1.807) is 36.4 Å². The Balaban J connectivity index is 0.000000142. The van der Waals surface area contributed by atoms with E-state index in [0.717, 1.165) is 11.0 Å². The molecule has 1 saturated heterocycles. The van der Waals surface area contributed by atoms with Crippen LogP contribution in [0.1, 0.15) is 27.7 Å². The molecule has 0 bridgehead atoms. The van der Waals surface area contributed by atoms with Crippen molar-refractivity contribution in [1.82, 2.24) is 0 Å². The first-order valence-electron chi connectivity index (χ1n) is 14.3. The Morgan fingerprint density at radius 2 is 1.20 bits per heavy atom. The van der Waals surface area contributed by atoms with Gasteiger partial charge in [0, 0.05) is 6.07 Å². The van der Waals surface area contributed by atoms with Gasteiger partial charge in [-0.2, -0.15) is 0 Å². The minimum Gasteiger partial charge on any atom is -0.258 e. The van der Waals surface area contributed by atoms with Crippen molar-refractivity contribution >= 4 is 88.2 Å². The fourth-order valence-electron chi connectivity index (χ4n) is 4.70. The number of nitrogens with zero attached hydrogens (tertiary/aromatic N) is 2. The van der Waals surface area contributed by atoms with E-state index in [4.69, 9.17) is 9.31 Å². The number of rotatable bonds is 4. The van der Waals surface area contributed by atoms with E-state index in [0.29, 0.717) is 39.0 Å². The summed E-state index contributed by atoms with van der Waals surface area (Å²) in [5, 5.41) is 23.8. The summed E-state index contributed by atoms with van der Waals surface area (Å²) < 4.78 is 15.4. The standard InChI is InChI=1S/C14H17BO2Se.C14H9NO2Se.C6H4BrNO2/c1-13(2)14(3,4)17-15(16-13)11-6-5-10-7-8-18-12(10)9-11;16-15(17)13-4-2-1-3-12(13)11-6-5-10-7-8-18-14(10)9-11;7-5-3-1-2-4-6(5)8(9)10/h5-9H,1-4H3;1-9H;1-4H. The van der Waals surface area contributed by atoms with E-state index in [9.17, 15) is 20.2 Å². The molecule has 0 spiro atoms. The van der Waals surface area contributed by atoms with Crippen LogP contribution in [0.3, 0.4) is 0 Å². The molecular formula is C34H30BBrN2O6Se2. The molecule has 2 aromatic heterocycles. The summed E-state index contributed by atoms with van der Waals surface area (Å²) in [5.41, 5.74) is 2.48. The Labute approximate surface area is 287 Å². The SMILES string of the molecule is CC1(C)OB(c2ccc3cc[se]c3c2)OC1(C)C.O=[N+]([O-])c1ccccc1-c1ccc2cc[se]c2c1.O=[N+]([O-])c1ccccc1Br. The van der Waals surface area contributed by atoms with Crippen molar-refractivity contribution in [3.8, 4) is 11.1 Å². The van der Waals surface area contributed by atoms with Gasteiger partial charge in [0.2, 0.25) is 0 Å². The fraction of sp³-hybridized carbons (Fsp3) is 0.176. The molecule has 1 aliphatic rings. The van der Waals surface area contributed by atoms with Crippen molar-refractivity contribution in [1.29, 1.82) is 0 Å². The van der Waals surface area contributed by atoms with Crippen LogP contribution in [-0.2, 0) is 9.31 Å². The van der Waals surface area contributed by atoms with E-state index in [1.807, 2.05) is 18.2 Å². The Bertz CT molecular complexity index is 2010. The van der Waals surface area contributed by atoms with Crippen LogP contribution in [0.15, 0.2) is 111 Å². The first-order valence-corrected chi connectivity index (χ1v) is 18.8. The number of benzene rings is 4. The van der Waals surface area contributed by atoms with Gasteiger partial charge < -0.3 is 0 Å². The first-order chi connectivity index (χ1) is 21.9. The zero-order valence-corrected chi connectivity index (χ0v) is 30.5. The topological polar surface area (TPSA) is 105 Å². The Morgan fingerprint density at radius 1 is 0.674 bits per heavy atom. The van der Waals surface area contributed by atoms with E-state index in [1.165, 1.54) is 25.4 Å². The van der Waals surface area contributed by atoms with Gasteiger partial charge >= 0.3 is 224 Å². The monoisotopic (exact) mass is 812 g/mol. The van der Waals surface area contributed by atoms with Crippen LogP contribution >= 0.6 is 15.9 Å². The summed E-state index contributed by atoms with van der Waals surface area (Å²) in [6.45, 7) is 8.36. The molecule has 0 amide bonds. The van der Waals surface area contributed by atoms with Gasteiger partial charge in [0.25, 0.3) is 5.69 Å². The van der Waals surface area contributed by atoms with Crippen LogP contribution in [-0.4, -0.2) is 57.2 Å². The van der Waals surface area contributed by atoms with Gasteiger partial charge in [-0.25, -0.2) is 0 Å². The molecule has 0 atom stereocenters. The third kappa shape index (κ3) is 7.61. The molecule has 0 radical (unpaired) electrons. The van der Waals surface area contributed by atoms with Crippen LogP contribution in [0.25, 0.3) is 30.4 Å². The number of nitro groups is 2. The van der Waals surface area contributed by atoms with E-state index < -0.39 is 4.92 Å². The first kappa shape index (κ1) is 34.0. The van der Waals surface area contributed by atoms with Crippen LogP contribution in [0.2, 0.25) is 0 Å². The predicted molar refractivity (Wildman–Crippen MR) is 190 cm³/mol. The molecule has 8 nitrogen and oxygen atoms in total. The third-order valence-electron chi connectivity index (χ3n) is 7.92. The Hall–Kier alpha value is -3.34.